The number of aliphatic hydroxyl groups is 3. The molecule has 1 heterocycles. The van der Waals surface area contributed by atoms with Crippen molar-refractivity contribution in [3.05, 3.63) is 0 Å². The third kappa shape index (κ3) is 2.88. The van der Waals surface area contributed by atoms with E-state index in [1.807, 2.05) is 0 Å². The second kappa shape index (κ2) is 5.53. The van der Waals surface area contributed by atoms with Crippen molar-refractivity contribution in [3.63, 3.8) is 0 Å². The molecule has 1 fully saturated rings. The summed E-state index contributed by atoms with van der Waals surface area (Å²) in [6.45, 7) is 1.17. The Hall–Kier alpha value is -0.760. The molecule has 1 rings (SSSR count). The Bertz CT molecular complexity index is 248. The third-order valence-corrected chi connectivity index (χ3v) is 2.33. The zero-order valence-electron chi connectivity index (χ0n) is 8.75. The van der Waals surface area contributed by atoms with Crippen molar-refractivity contribution in [3.8, 4) is 0 Å². The molecule has 3 N–H and O–H groups in total. The van der Waals surface area contributed by atoms with Crippen molar-refractivity contribution in [1.82, 2.24) is 0 Å². The Morgan fingerprint density at radius 3 is 2.56 bits per heavy atom. The van der Waals surface area contributed by atoms with Crippen molar-refractivity contribution < 1.29 is 34.0 Å². The van der Waals surface area contributed by atoms with E-state index >= 15 is 0 Å². The topological polar surface area (TPSA) is 96.2 Å². The van der Waals surface area contributed by atoms with Gasteiger partial charge in [0, 0.05) is 6.42 Å². The Balaban J connectivity index is 2.50. The molecule has 7 heteroatoms. The molecule has 1 unspecified atom stereocenters. The molecule has 1 aliphatic rings. The van der Waals surface area contributed by atoms with E-state index < -0.39 is 43.3 Å². The van der Waals surface area contributed by atoms with Crippen molar-refractivity contribution >= 4 is 5.97 Å². The fraction of sp³-hybridized carbons (Fsp3) is 0.889. The molecule has 0 aromatic heterocycles. The van der Waals surface area contributed by atoms with Gasteiger partial charge in [-0.25, -0.2) is 4.39 Å². The zero-order chi connectivity index (χ0) is 12.3. The first kappa shape index (κ1) is 13.3. The van der Waals surface area contributed by atoms with Gasteiger partial charge in [0.1, 0.15) is 24.9 Å². The molecule has 0 bridgehead atoms. The molecule has 0 spiro atoms. The van der Waals surface area contributed by atoms with Gasteiger partial charge in [0.15, 0.2) is 12.5 Å². The summed E-state index contributed by atoms with van der Waals surface area (Å²) in [4.78, 5) is 10.8. The first-order chi connectivity index (χ1) is 7.47. The summed E-state index contributed by atoms with van der Waals surface area (Å²) in [6.07, 6.45) is -8.20. The Morgan fingerprint density at radius 2 is 2.00 bits per heavy atom. The lowest BCUT2D eigenvalue weighted by molar-refractivity contribution is -0.276. The lowest BCUT2D eigenvalue weighted by atomic mass is 10.0. The third-order valence-electron chi connectivity index (χ3n) is 2.33. The van der Waals surface area contributed by atoms with E-state index in [1.165, 1.54) is 0 Å². The Morgan fingerprint density at radius 1 is 1.38 bits per heavy atom. The summed E-state index contributed by atoms with van der Waals surface area (Å²) in [5.41, 5.74) is 0. The van der Waals surface area contributed by atoms with Crippen LogP contribution in [0, 0.1) is 0 Å². The molecule has 1 aliphatic heterocycles. The summed E-state index contributed by atoms with van der Waals surface area (Å²) in [5.74, 6) is -0.536. The molecule has 94 valence electrons. The number of aliphatic hydroxyl groups excluding tert-OH is 3. The number of carbonyl (C=O) groups is 1. The van der Waals surface area contributed by atoms with Crippen LogP contribution >= 0.6 is 0 Å². The zero-order valence-corrected chi connectivity index (χ0v) is 8.75. The lowest BCUT2D eigenvalue weighted by Crippen LogP contribution is -2.57. The monoisotopic (exact) mass is 238 g/mol. The Kier molecular flexibility index (Phi) is 4.60. The SMILES string of the molecule is CCC(=O)OC[C@H]1OC(O)[C@H](O)[C@H](O)[C@H]1F. The van der Waals surface area contributed by atoms with E-state index in [0.29, 0.717) is 0 Å². The molecule has 0 amide bonds. The van der Waals surface area contributed by atoms with Gasteiger partial charge in [-0.05, 0) is 0 Å². The van der Waals surface area contributed by atoms with Gasteiger partial charge in [0.05, 0.1) is 0 Å². The van der Waals surface area contributed by atoms with Crippen LogP contribution in [0.15, 0.2) is 0 Å². The highest BCUT2D eigenvalue weighted by Crippen LogP contribution is 2.22. The highest BCUT2D eigenvalue weighted by molar-refractivity contribution is 5.68. The van der Waals surface area contributed by atoms with E-state index in [9.17, 15) is 14.3 Å². The van der Waals surface area contributed by atoms with Gasteiger partial charge in [0.25, 0.3) is 0 Å². The van der Waals surface area contributed by atoms with Crippen LogP contribution in [-0.4, -0.2) is 58.7 Å². The van der Waals surface area contributed by atoms with Gasteiger partial charge < -0.3 is 24.8 Å². The average molecular weight is 238 g/mol. The lowest BCUT2D eigenvalue weighted by Gasteiger charge is -2.36. The van der Waals surface area contributed by atoms with Crippen LogP contribution in [0.3, 0.4) is 0 Å². The molecule has 1 saturated heterocycles. The predicted molar refractivity (Wildman–Crippen MR) is 49.0 cm³/mol. The quantitative estimate of drug-likeness (QED) is 0.530. The fourth-order valence-corrected chi connectivity index (χ4v) is 1.32. The summed E-state index contributed by atoms with van der Waals surface area (Å²) in [7, 11) is 0. The van der Waals surface area contributed by atoms with E-state index in [-0.39, 0.29) is 6.42 Å². The van der Waals surface area contributed by atoms with Crippen LogP contribution in [0.4, 0.5) is 4.39 Å². The van der Waals surface area contributed by atoms with Crippen LogP contribution in [0.25, 0.3) is 0 Å². The van der Waals surface area contributed by atoms with Gasteiger partial charge in [-0.2, -0.15) is 0 Å². The van der Waals surface area contributed by atoms with E-state index in [0.717, 1.165) is 0 Å². The van der Waals surface area contributed by atoms with E-state index in [4.69, 9.17) is 10.2 Å². The van der Waals surface area contributed by atoms with Crippen LogP contribution in [0.5, 0.6) is 0 Å². The van der Waals surface area contributed by atoms with Crippen molar-refractivity contribution in [2.75, 3.05) is 6.61 Å². The summed E-state index contributed by atoms with van der Waals surface area (Å²) < 4.78 is 22.7. The van der Waals surface area contributed by atoms with Gasteiger partial charge in [-0.15, -0.1) is 0 Å². The van der Waals surface area contributed by atoms with Crippen LogP contribution in [0.2, 0.25) is 0 Å². The first-order valence-electron chi connectivity index (χ1n) is 4.96. The standard InChI is InChI=1S/C9H15FO6/c1-2-5(11)15-3-4-6(10)7(12)8(13)9(14)16-4/h4,6-9,12-14H,2-3H2,1H3/t4-,6+,7-,8-,9?/m1/s1. The maximum Gasteiger partial charge on any atom is 0.305 e. The molecule has 0 aliphatic carbocycles. The minimum Gasteiger partial charge on any atom is -0.463 e. The van der Waals surface area contributed by atoms with Gasteiger partial charge in [-0.3, -0.25) is 4.79 Å². The molecule has 0 saturated carbocycles. The minimum atomic E-state index is -1.91. The molecular formula is C9H15FO6. The summed E-state index contributed by atoms with van der Waals surface area (Å²) >= 11 is 0. The normalized spacial score (nSPS) is 39.4. The number of rotatable bonds is 3. The van der Waals surface area contributed by atoms with Crippen molar-refractivity contribution in [2.24, 2.45) is 0 Å². The van der Waals surface area contributed by atoms with Crippen LogP contribution in [-0.2, 0) is 14.3 Å². The maximum atomic E-state index is 13.4. The van der Waals surface area contributed by atoms with E-state index in [1.54, 1.807) is 6.92 Å². The minimum absolute atomic E-state index is 0.136. The summed E-state index contributed by atoms with van der Waals surface area (Å²) in [5, 5.41) is 27.4. The molecule has 6 nitrogen and oxygen atoms in total. The molecule has 0 aromatic rings. The number of carbonyl (C=O) groups excluding carboxylic acids is 1. The number of hydrogen-bond donors (Lipinski definition) is 3. The number of ether oxygens (including phenoxy) is 2. The maximum absolute atomic E-state index is 13.4. The molecule has 0 aromatic carbocycles. The highest BCUT2D eigenvalue weighted by Gasteiger charge is 2.44. The number of hydrogen-bond acceptors (Lipinski definition) is 6. The predicted octanol–water partition coefficient (Wildman–Crippen LogP) is -1.28. The second-order valence-electron chi connectivity index (χ2n) is 3.53. The average Bonchev–Trinajstić information content (AvgIpc) is 2.28. The van der Waals surface area contributed by atoms with Crippen molar-refractivity contribution in [2.45, 2.75) is 44.1 Å². The Labute approximate surface area is 91.6 Å². The van der Waals surface area contributed by atoms with Gasteiger partial charge in [-0.1, -0.05) is 6.92 Å². The number of alkyl halides is 1. The van der Waals surface area contributed by atoms with E-state index in [2.05, 4.69) is 9.47 Å². The number of halogens is 1. The van der Waals surface area contributed by atoms with Crippen LogP contribution < -0.4 is 0 Å². The van der Waals surface area contributed by atoms with Crippen molar-refractivity contribution in [1.29, 1.82) is 0 Å². The number of esters is 1. The highest BCUT2D eigenvalue weighted by atomic mass is 19.1. The largest absolute Gasteiger partial charge is 0.463 e. The van der Waals surface area contributed by atoms with Crippen LogP contribution in [0.1, 0.15) is 13.3 Å². The molecular weight excluding hydrogens is 223 g/mol. The second-order valence-corrected chi connectivity index (χ2v) is 3.53. The molecule has 0 radical (unpaired) electrons. The molecule has 5 atom stereocenters. The summed E-state index contributed by atoms with van der Waals surface area (Å²) in [6, 6.07) is 0. The fourth-order valence-electron chi connectivity index (χ4n) is 1.32. The van der Waals surface area contributed by atoms with Gasteiger partial charge >= 0.3 is 5.97 Å². The smallest absolute Gasteiger partial charge is 0.305 e. The first-order valence-corrected chi connectivity index (χ1v) is 4.96. The molecule has 16 heavy (non-hydrogen) atoms. The van der Waals surface area contributed by atoms with Gasteiger partial charge in [0.2, 0.25) is 0 Å².